The SMILES string of the molecule is CC(=O)/C(=C\N(C)C)C(=O)c1ccncc1. The Morgan fingerprint density at radius 1 is 1.25 bits per heavy atom. The van der Waals surface area contributed by atoms with Crippen LogP contribution < -0.4 is 0 Å². The molecule has 0 aliphatic heterocycles. The molecule has 0 N–H and O–H groups in total. The van der Waals surface area contributed by atoms with Gasteiger partial charge in [-0.05, 0) is 19.1 Å². The van der Waals surface area contributed by atoms with Gasteiger partial charge in [0, 0.05) is 38.3 Å². The second-order valence-electron chi connectivity index (χ2n) is 3.63. The smallest absolute Gasteiger partial charge is 0.198 e. The first-order chi connectivity index (χ1) is 7.52. The molecule has 0 aromatic carbocycles. The van der Waals surface area contributed by atoms with Crippen LogP contribution >= 0.6 is 0 Å². The zero-order chi connectivity index (χ0) is 12.1. The van der Waals surface area contributed by atoms with Crippen molar-refractivity contribution in [3.8, 4) is 0 Å². The topological polar surface area (TPSA) is 50.3 Å². The van der Waals surface area contributed by atoms with Crippen LogP contribution in [0.25, 0.3) is 0 Å². The average molecular weight is 218 g/mol. The lowest BCUT2D eigenvalue weighted by Gasteiger charge is -2.08. The van der Waals surface area contributed by atoms with Gasteiger partial charge < -0.3 is 4.90 Å². The van der Waals surface area contributed by atoms with E-state index in [-0.39, 0.29) is 17.1 Å². The Balaban J connectivity index is 3.07. The highest BCUT2D eigenvalue weighted by Crippen LogP contribution is 2.08. The minimum Gasteiger partial charge on any atom is -0.383 e. The van der Waals surface area contributed by atoms with Crippen molar-refractivity contribution in [2.24, 2.45) is 0 Å². The first-order valence-corrected chi connectivity index (χ1v) is 4.86. The fraction of sp³-hybridized carbons (Fsp3) is 0.250. The van der Waals surface area contributed by atoms with Crippen LogP contribution in [0.15, 0.2) is 36.3 Å². The van der Waals surface area contributed by atoms with Crippen molar-refractivity contribution < 1.29 is 9.59 Å². The summed E-state index contributed by atoms with van der Waals surface area (Å²) in [6.45, 7) is 1.38. The van der Waals surface area contributed by atoms with E-state index in [0.717, 1.165) is 0 Å². The molecule has 0 amide bonds. The highest BCUT2D eigenvalue weighted by Gasteiger charge is 2.16. The molecular weight excluding hydrogens is 204 g/mol. The molecule has 84 valence electrons. The number of hydrogen-bond donors (Lipinski definition) is 0. The van der Waals surface area contributed by atoms with Crippen LogP contribution in [0.3, 0.4) is 0 Å². The number of pyridine rings is 1. The fourth-order valence-corrected chi connectivity index (χ4v) is 1.23. The maximum atomic E-state index is 12.0. The summed E-state index contributed by atoms with van der Waals surface area (Å²) in [6, 6.07) is 3.18. The number of aromatic nitrogens is 1. The molecule has 0 fully saturated rings. The number of allylic oxidation sites excluding steroid dienone is 1. The standard InChI is InChI=1S/C12H14N2O2/c1-9(15)11(8-14(2)3)12(16)10-4-6-13-7-5-10/h4-8H,1-3H3/b11-8+. The van der Waals surface area contributed by atoms with Crippen molar-refractivity contribution in [2.75, 3.05) is 14.1 Å². The number of carbonyl (C=O) groups excluding carboxylic acids is 2. The van der Waals surface area contributed by atoms with Crippen LogP contribution in [0.1, 0.15) is 17.3 Å². The van der Waals surface area contributed by atoms with Gasteiger partial charge in [0.05, 0.1) is 5.57 Å². The maximum Gasteiger partial charge on any atom is 0.198 e. The molecule has 0 aliphatic carbocycles. The van der Waals surface area contributed by atoms with Crippen molar-refractivity contribution in [1.82, 2.24) is 9.88 Å². The van der Waals surface area contributed by atoms with E-state index in [2.05, 4.69) is 4.98 Å². The lowest BCUT2D eigenvalue weighted by atomic mass is 10.0. The number of carbonyl (C=O) groups is 2. The molecule has 0 radical (unpaired) electrons. The normalized spacial score (nSPS) is 11.1. The Morgan fingerprint density at radius 3 is 2.25 bits per heavy atom. The van der Waals surface area contributed by atoms with E-state index >= 15 is 0 Å². The van der Waals surface area contributed by atoms with E-state index in [1.165, 1.54) is 25.5 Å². The summed E-state index contributed by atoms with van der Waals surface area (Å²) in [5.74, 6) is -0.515. The van der Waals surface area contributed by atoms with E-state index in [9.17, 15) is 9.59 Å². The molecule has 1 rings (SSSR count). The van der Waals surface area contributed by atoms with Crippen molar-refractivity contribution in [1.29, 1.82) is 0 Å². The average Bonchev–Trinajstić information content (AvgIpc) is 2.25. The van der Waals surface area contributed by atoms with Gasteiger partial charge in [-0.3, -0.25) is 14.6 Å². The first kappa shape index (κ1) is 12.1. The van der Waals surface area contributed by atoms with Crippen molar-refractivity contribution in [2.45, 2.75) is 6.92 Å². The summed E-state index contributed by atoms with van der Waals surface area (Å²) in [7, 11) is 3.53. The Morgan fingerprint density at radius 2 is 1.81 bits per heavy atom. The van der Waals surface area contributed by atoms with Crippen LogP contribution in [0, 0.1) is 0 Å². The number of Topliss-reactive ketones (excluding diaryl/α,β-unsaturated/α-hetero) is 2. The molecule has 1 heterocycles. The van der Waals surface area contributed by atoms with Gasteiger partial charge in [0.2, 0.25) is 0 Å². The molecule has 0 aliphatic rings. The van der Waals surface area contributed by atoms with Crippen LogP contribution in [0.2, 0.25) is 0 Å². The zero-order valence-electron chi connectivity index (χ0n) is 9.60. The number of hydrogen-bond acceptors (Lipinski definition) is 4. The molecule has 4 nitrogen and oxygen atoms in total. The quantitative estimate of drug-likeness (QED) is 0.331. The molecule has 0 spiro atoms. The van der Waals surface area contributed by atoms with E-state index < -0.39 is 0 Å². The molecule has 0 atom stereocenters. The third kappa shape index (κ3) is 3.02. The Hall–Kier alpha value is -1.97. The molecule has 4 heteroatoms. The minimum absolute atomic E-state index is 0.177. The second kappa shape index (κ2) is 5.21. The van der Waals surface area contributed by atoms with Gasteiger partial charge in [-0.15, -0.1) is 0 Å². The molecule has 1 aromatic heterocycles. The monoisotopic (exact) mass is 218 g/mol. The number of rotatable bonds is 4. The molecule has 16 heavy (non-hydrogen) atoms. The highest BCUT2D eigenvalue weighted by molar-refractivity contribution is 6.25. The van der Waals surface area contributed by atoms with E-state index in [0.29, 0.717) is 5.56 Å². The van der Waals surface area contributed by atoms with Gasteiger partial charge >= 0.3 is 0 Å². The third-order valence-corrected chi connectivity index (χ3v) is 1.95. The lowest BCUT2D eigenvalue weighted by Crippen LogP contribution is -2.15. The third-order valence-electron chi connectivity index (χ3n) is 1.95. The summed E-state index contributed by atoms with van der Waals surface area (Å²) in [5, 5.41) is 0. The Bertz CT molecular complexity index is 422. The minimum atomic E-state index is -0.274. The van der Waals surface area contributed by atoms with E-state index in [4.69, 9.17) is 0 Å². The Labute approximate surface area is 94.6 Å². The molecule has 0 unspecified atom stereocenters. The van der Waals surface area contributed by atoms with Crippen molar-refractivity contribution in [3.05, 3.63) is 41.9 Å². The van der Waals surface area contributed by atoms with Gasteiger partial charge in [-0.25, -0.2) is 0 Å². The van der Waals surface area contributed by atoms with Crippen LogP contribution in [0.5, 0.6) is 0 Å². The summed E-state index contributed by atoms with van der Waals surface area (Å²) >= 11 is 0. The summed E-state index contributed by atoms with van der Waals surface area (Å²) in [5.41, 5.74) is 0.648. The van der Waals surface area contributed by atoms with Gasteiger partial charge in [0.1, 0.15) is 0 Å². The fourth-order valence-electron chi connectivity index (χ4n) is 1.23. The van der Waals surface area contributed by atoms with Crippen LogP contribution in [-0.2, 0) is 4.79 Å². The molecular formula is C12H14N2O2. The van der Waals surface area contributed by atoms with Crippen LogP contribution in [-0.4, -0.2) is 35.5 Å². The number of nitrogens with zero attached hydrogens (tertiary/aromatic N) is 2. The highest BCUT2D eigenvalue weighted by atomic mass is 16.1. The van der Waals surface area contributed by atoms with Crippen LogP contribution in [0.4, 0.5) is 0 Å². The van der Waals surface area contributed by atoms with Gasteiger partial charge in [-0.1, -0.05) is 0 Å². The summed E-state index contributed by atoms with van der Waals surface area (Å²) < 4.78 is 0. The largest absolute Gasteiger partial charge is 0.383 e. The van der Waals surface area contributed by atoms with Crippen molar-refractivity contribution in [3.63, 3.8) is 0 Å². The summed E-state index contributed by atoms with van der Waals surface area (Å²) in [6.07, 6.45) is 4.59. The van der Waals surface area contributed by atoms with Gasteiger partial charge in [0.25, 0.3) is 0 Å². The number of ketones is 2. The Kier molecular flexibility index (Phi) is 3.94. The van der Waals surface area contributed by atoms with Crippen molar-refractivity contribution >= 4 is 11.6 Å². The van der Waals surface area contributed by atoms with Gasteiger partial charge in [-0.2, -0.15) is 0 Å². The molecule has 0 saturated carbocycles. The molecule has 1 aromatic rings. The molecule has 0 bridgehead atoms. The summed E-state index contributed by atoms with van der Waals surface area (Å²) in [4.78, 5) is 28.8. The second-order valence-corrected chi connectivity index (χ2v) is 3.63. The predicted octanol–water partition coefficient (Wildman–Crippen LogP) is 1.30. The lowest BCUT2D eigenvalue weighted by molar-refractivity contribution is -0.113. The van der Waals surface area contributed by atoms with E-state index in [1.54, 1.807) is 31.1 Å². The maximum absolute atomic E-state index is 12.0. The molecule has 0 saturated heterocycles. The predicted molar refractivity (Wildman–Crippen MR) is 61.0 cm³/mol. The first-order valence-electron chi connectivity index (χ1n) is 4.86. The van der Waals surface area contributed by atoms with Gasteiger partial charge in [0.15, 0.2) is 11.6 Å². The van der Waals surface area contributed by atoms with E-state index in [1.807, 2.05) is 0 Å². The zero-order valence-corrected chi connectivity index (χ0v) is 9.60.